The predicted molar refractivity (Wildman–Crippen MR) is 141 cm³/mol. The lowest BCUT2D eigenvalue weighted by molar-refractivity contribution is 0.00121. The van der Waals surface area contributed by atoms with Crippen LogP contribution in [0.3, 0.4) is 0 Å². The van der Waals surface area contributed by atoms with Gasteiger partial charge < -0.3 is 0 Å². The van der Waals surface area contributed by atoms with Gasteiger partial charge in [0.2, 0.25) is 0 Å². The molecular formula is C27H34N4S2. The predicted octanol–water partition coefficient (Wildman–Crippen LogP) is 5.52. The first kappa shape index (κ1) is 22.1. The molecular weight excluding hydrogens is 444 g/mol. The Bertz CT molecular complexity index is 980. The molecule has 2 aliphatic heterocycles. The van der Waals surface area contributed by atoms with Gasteiger partial charge in [-0.05, 0) is 80.5 Å². The van der Waals surface area contributed by atoms with Crippen LogP contribution in [0.2, 0.25) is 0 Å². The summed E-state index contributed by atoms with van der Waals surface area (Å²) in [5.41, 5.74) is 1.69. The van der Waals surface area contributed by atoms with Gasteiger partial charge in [-0.25, -0.2) is 0 Å². The molecule has 6 aliphatic rings. The van der Waals surface area contributed by atoms with Crippen molar-refractivity contribution in [3.05, 3.63) is 29.8 Å². The molecule has 0 aromatic heterocycles. The molecule has 33 heavy (non-hydrogen) atoms. The molecule has 2 heterocycles. The van der Waals surface area contributed by atoms with Crippen LogP contribution in [0.25, 0.3) is 0 Å². The van der Waals surface area contributed by atoms with Crippen molar-refractivity contribution in [1.82, 2.24) is 4.90 Å². The number of amidine groups is 1. The number of aliphatic imine (C=N–C) groups is 1. The second kappa shape index (κ2) is 8.07. The molecule has 2 saturated heterocycles. The van der Waals surface area contributed by atoms with Crippen molar-refractivity contribution in [3.63, 3.8) is 0 Å². The zero-order valence-electron chi connectivity index (χ0n) is 19.8. The Morgan fingerprint density at radius 1 is 1.00 bits per heavy atom. The average Bonchev–Trinajstić information content (AvgIpc) is 2.98. The highest BCUT2D eigenvalue weighted by atomic mass is 32.2. The molecule has 0 amide bonds. The third-order valence-corrected chi connectivity index (χ3v) is 10.6. The molecule has 1 aromatic rings. The molecule has 4 saturated carbocycles. The highest BCUT2D eigenvalue weighted by Gasteiger charge is 2.56. The number of nitrogens with zero attached hydrogens (tertiary/aromatic N) is 4. The summed E-state index contributed by atoms with van der Waals surface area (Å²) >= 11 is 8.26. The van der Waals surface area contributed by atoms with E-state index in [1.54, 1.807) is 0 Å². The second-order valence-corrected chi connectivity index (χ2v) is 13.3. The molecule has 174 valence electrons. The smallest absolute Gasteiger partial charge is 0.127 e. The highest BCUT2D eigenvalue weighted by Crippen LogP contribution is 2.58. The number of thiocarbonyl (C=S) groups is 1. The van der Waals surface area contributed by atoms with Crippen molar-refractivity contribution in [2.45, 2.75) is 64.0 Å². The first-order valence-electron chi connectivity index (χ1n) is 12.6. The van der Waals surface area contributed by atoms with E-state index in [1.807, 2.05) is 12.1 Å². The molecule has 4 aliphatic carbocycles. The zero-order chi connectivity index (χ0) is 22.8. The maximum absolute atomic E-state index is 9.31. The minimum atomic E-state index is -0.160. The largest absolute Gasteiger partial charge is 0.291 e. The van der Waals surface area contributed by atoms with E-state index in [0.717, 1.165) is 41.5 Å². The zero-order valence-corrected chi connectivity index (χ0v) is 21.4. The van der Waals surface area contributed by atoms with Crippen LogP contribution < -0.4 is 4.90 Å². The fourth-order valence-corrected chi connectivity index (χ4v) is 9.14. The number of benzene rings is 1. The fraction of sp³-hybridized carbons (Fsp3) is 0.667. The van der Waals surface area contributed by atoms with E-state index in [-0.39, 0.29) is 17.0 Å². The molecule has 7 rings (SSSR count). The normalized spacial score (nSPS) is 38.8. The lowest BCUT2D eigenvalue weighted by Crippen LogP contribution is -2.54. The highest BCUT2D eigenvalue weighted by molar-refractivity contribution is 7.99. The summed E-state index contributed by atoms with van der Waals surface area (Å²) in [6.07, 6.45) is 8.08. The Hall–Kier alpha value is -1.42. The SMILES string of the molecule is CC1(C)C(=S)N(c2ccc(C#N)cc2)C(=NC23CC4CC(CC(C4)C2)C3)C1N1CCSCC1. The summed E-state index contributed by atoms with van der Waals surface area (Å²) in [5, 5.41) is 9.31. The Kier molecular flexibility index (Phi) is 5.40. The quantitative estimate of drug-likeness (QED) is 0.536. The van der Waals surface area contributed by atoms with E-state index < -0.39 is 0 Å². The molecule has 6 fully saturated rings. The average molecular weight is 479 g/mol. The number of nitriles is 1. The van der Waals surface area contributed by atoms with E-state index in [2.05, 4.69) is 53.6 Å². The van der Waals surface area contributed by atoms with Crippen molar-refractivity contribution in [1.29, 1.82) is 5.26 Å². The maximum atomic E-state index is 9.31. The number of anilines is 1. The fourth-order valence-electron chi connectivity index (χ4n) is 7.90. The number of thioether (sulfide) groups is 1. The minimum absolute atomic E-state index is 0.105. The van der Waals surface area contributed by atoms with Crippen LogP contribution in [0.4, 0.5) is 5.69 Å². The van der Waals surface area contributed by atoms with E-state index >= 15 is 0 Å². The van der Waals surface area contributed by atoms with Crippen molar-refractivity contribution < 1.29 is 0 Å². The first-order chi connectivity index (χ1) is 15.9. The molecule has 1 aromatic carbocycles. The van der Waals surface area contributed by atoms with Gasteiger partial charge in [0.05, 0.1) is 28.2 Å². The van der Waals surface area contributed by atoms with Crippen LogP contribution in [0.5, 0.6) is 0 Å². The van der Waals surface area contributed by atoms with Crippen molar-refractivity contribution in [2.75, 3.05) is 29.5 Å². The van der Waals surface area contributed by atoms with E-state index in [0.29, 0.717) is 5.56 Å². The monoisotopic (exact) mass is 478 g/mol. The second-order valence-electron chi connectivity index (χ2n) is 11.7. The van der Waals surface area contributed by atoms with Gasteiger partial charge in [0.15, 0.2) is 0 Å². The van der Waals surface area contributed by atoms with Crippen molar-refractivity contribution in [2.24, 2.45) is 28.2 Å². The molecule has 0 spiro atoms. The summed E-state index contributed by atoms with van der Waals surface area (Å²) < 4.78 is 0. The topological polar surface area (TPSA) is 42.6 Å². The van der Waals surface area contributed by atoms with Gasteiger partial charge in [-0.15, -0.1) is 0 Å². The number of hydrogen-bond donors (Lipinski definition) is 0. The lowest BCUT2D eigenvalue weighted by Gasteiger charge is -2.55. The number of hydrogen-bond acceptors (Lipinski definition) is 5. The van der Waals surface area contributed by atoms with Crippen LogP contribution in [0, 0.1) is 34.5 Å². The Morgan fingerprint density at radius 3 is 2.12 bits per heavy atom. The summed E-state index contributed by atoms with van der Waals surface area (Å²) in [7, 11) is 0. The summed E-state index contributed by atoms with van der Waals surface area (Å²) in [6, 6.07) is 10.4. The van der Waals surface area contributed by atoms with Crippen LogP contribution >= 0.6 is 24.0 Å². The maximum Gasteiger partial charge on any atom is 0.127 e. The lowest BCUT2D eigenvalue weighted by atomic mass is 9.53. The van der Waals surface area contributed by atoms with Gasteiger partial charge in [-0.1, -0.05) is 26.1 Å². The van der Waals surface area contributed by atoms with Gasteiger partial charge in [-0.2, -0.15) is 17.0 Å². The molecule has 0 N–H and O–H groups in total. The Labute approximate surface area is 207 Å². The summed E-state index contributed by atoms with van der Waals surface area (Å²) in [6.45, 7) is 6.84. The minimum Gasteiger partial charge on any atom is -0.291 e. The third-order valence-electron chi connectivity index (χ3n) is 8.93. The van der Waals surface area contributed by atoms with Crippen LogP contribution in [-0.2, 0) is 0 Å². The van der Waals surface area contributed by atoms with Gasteiger partial charge >= 0.3 is 0 Å². The van der Waals surface area contributed by atoms with E-state index in [9.17, 15) is 5.26 Å². The van der Waals surface area contributed by atoms with Gasteiger partial charge in [-0.3, -0.25) is 14.8 Å². The standard InChI is InChI=1S/C27H34N4S2/c1-26(2)23(30-7-9-33-10-8-30)24(31(25(26)32)22-5-3-18(17-28)4-6-22)29-27-14-19-11-20(15-27)13-21(12-19)16-27/h3-6,19-21,23H,7-16H2,1-2H3. The van der Waals surface area contributed by atoms with Crippen molar-refractivity contribution in [3.8, 4) is 6.07 Å². The van der Waals surface area contributed by atoms with Crippen LogP contribution in [-0.4, -0.2) is 51.9 Å². The Balaban J connectivity index is 1.47. The van der Waals surface area contributed by atoms with Gasteiger partial charge in [0.25, 0.3) is 0 Å². The first-order valence-corrected chi connectivity index (χ1v) is 14.2. The van der Waals surface area contributed by atoms with Crippen LogP contribution in [0.1, 0.15) is 57.9 Å². The van der Waals surface area contributed by atoms with Gasteiger partial charge in [0, 0.05) is 35.7 Å². The Morgan fingerprint density at radius 2 is 1.58 bits per heavy atom. The molecule has 6 heteroatoms. The molecule has 1 unspecified atom stereocenters. The summed E-state index contributed by atoms with van der Waals surface area (Å²) in [5.74, 6) is 6.16. The van der Waals surface area contributed by atoms with E-state index in [4.69, 9.17) is 17.2 Å². The molecule has 1 atom stereocenters. The molecule has 4 bridgehead atoms. The summed E-state index contributed by atoms with van der Waals surface area (Å²) in [4.78, 5) is 11.7. The van der Waals surface area contributed by atoms with Crippen LogP contribution in [0.15, 0.2) is 29.3 Å². The van der Waals surface area contributed by atoms with Crippen molar-refractivity contribution >= 4 is 40.5 Å². The number of rotatable bonds is 3. The molecule has 4 nitrogen and oxygen atoms in total. The molecule has 0 radical (unpaired) electrons. The van der Waals surface area contributed by atoms with Gasteiger partial charge in [0.1, 0.15) is 5.84 Å². The van der Waals surface area contributed by atoms with E-state index in [1.165, 1.54) is 55.9 Å². The third kappa shape index (κ3) is 3.66.